The molecule has 0 saturated heterocycles. The van der Waals surface area contributed by atoms with Crippen molar-refractivity contribution in [2.45, 2.75) is 57.2 Å². The molecular formula is C21H26N6OS2. The molecule has 1 amide bonds. The van der Waals surface area contributed by atoms with Crippen LogP contribution in [0.25, 0.3) is 0 Å². The minimum atomic E-state index is -0.0566. The molecule has 2 heterocycles. The van der Waals surface area contributed by atoms with Gasteiger partial charge in [0, 0.05) is 23.6 Å². The van der Waals surface area contributed by atoms with Crippen LogP contribution < -0.4 is 5.32 Å². The molecule has 158 valence electrons. The normalized spacial score (nSPS) is 11.0. The predicted octanol–water partition coefficient (Wildman–Crippen LogP) is 4.34. The van der Waals surface area contributed by atoms with Crippen LogP contribution in [0.15, 0.2) is 34.6 Å². The summed E-state index contributed by atoms with van der Waals surface area (Å²) < 4.78 is 2.03. The average Bonchev–Trinajstić information content (AvgIpc) is 3.09. The fourth-order valence-electron chi connectivity index (χ4n) is 2.94. The third-order valence-electron chi connectivity index (χ3n) is 4.61. The molecule has 0 aliphatic rings. The summed E-state index contributed by atoms with van der Waals surface area (Å²) >= 11 is 2.93. The summed E-state index contributed by atoms with van der Waals surface area (Å²) in [4.78, 5) is 21.3. The maximum absolute atomic E-state index is 12.4. The van der Waals surface area contributed by atoms with E-state index >= 15 is 0 Å². The average molecular weight is 443 g/mol. The van der Waals surface area contributed by atoms with Crippen LogP contribution in [0.5, 0.6) is 0 Å². The number of benzene rings is 1. The molecule has 0 spiro atoms. The molecule has 3 rings (SSSR count). The number of aryl methyl sites for hydroxylation is 3. The quantitative estimate of drug-likeness (QED) is 0.410. The van der Waals surface area contributed by atoms with Crippen molar-refractivity contribution in [3.05, 3.63) is 52.6 Å². The van der Waals surface area contributed by atoms with Gasteiger partial charge >= 0.3 is 0 Å². The minimum Gasteiger partial charge on any atom is -0.325 e. The third-order valence-corrected chi connectivity index (χ3v) is 6.42. The molecule has 0 atom stereocenters. The van der Waals surface area contributed by atoms with E-state index in [-0.39, 0.29) is 11.7 Å². The van der Waals surface area contributed by atoms with Crippen molar-refractivity contribution < 1.29 is 4.79 Å². The second-order valence-electron chi connectivity index (χ2n) is 6.95. The maximum atomic E-state index is 12.4. The Morgan fingerprint density at radius 2 is 1.80 bits per heavy atom. The molecule has 0 fully saturated rings. The summed E-state index contributed by atoms with van der Waals surface area (Å²) in [6, 6.07) is 7.86. The first-order valence-electron chi connectivity index (χ1n) is 9.73. The molecule has 0 radical (unpaired) electrons. The molecular weight excluding hydrogens is 416 g/mol. The molecule has 30 heavy (non-hydrogen) atoms. The lowest BCUT2D eigenvalue weighted by molar-refractivity contribution is -0.113. The van der Waals surface area contributed by atoms with Gasteiger partial charge in [-0.1, -0.05) is 35.7 Å². The van der Waals surface area contributed by atoms with Crippen molar-refractivity contribution in [1.82, 2.24) is 24.7 Å². The first-order valence-corrected chi connectivity index (χ1v) is 11.7. The zero-order chi connectivity index (χ0) is 21.7. The number of rotatable bonds is 8. The van der Waals surface area contributed by atoms with Gasteiger partial charge in [0.2, 0.25) is 5.91 Å². The monoisotopic (exact) mass is 442 g/mol. The highest BCUT2D eigenvalue weighted by molar-refractivity contribution is 7.99. The van der Waals surface area contributed by atoms with Gasteiger partial charge in [-0.25, -0.2) is 9.97 Å². The van der Waals surface area contributed by atoms with Crippen LogP contribution >= 0.6 is 23.5 Å². The van der Waals surface area contributed by atoms with E-state index in [1.807, 2.05) is 63.5 Å². The van der Waals surface area contributed by atoms with Crippen molar-refractivity contribution in [3.8, 4) is 0 Å². The minimum absolute atomic E-state index is 0.0566. The van der Waals surface area contributed by atoms with Gasteiger partial charge in [0.25, 0.3) is 0 Å². The van der Waals surface area contributed by atoms with Crippen molar-refractivity contribution in [2.24, 2.45) is 0 Å². The van der Waals surface area contributed by atoms with Crippen LogP contribution in [0.2, 0.25) is 0 Å². The Labute approximate surface area is 185 Å². The lowest BCUT2D eigenvalue weighted by Gasteiger charge is -2.10. The van der Waals surface area contributed by atoms with E-state index < -0.39 is 0 Å². The molecule has 1 aromatic carbocycles. The first kappa shape index (κ1) is 22.3. The molecule has 0 aliphatic heterocycles. The van der Waals surface area contributed by atoms with Crippen molar-refractivity contribution in [1.29, 1.82) is 0 Å². The van der Waals surface area contributed by atoms with Gasteiger partial charge in [0.15, 0.2) is 10.3 Å². The number of thioether (sulfide) groups is 2. The molecule has 9 heteroatoms. The number of carbonyl (C=O) groups excluding carboxylic acids is 1. The van der Waals surface area contributed by atoms with E-state index in [4.69, 9.17) is 0 Å². The molecule has 2 aromatic heterocycles. The van der Waals surface area contributed by atoms with Crippen molar-refractivity contribution in [3.63, 3.8) is 0 Å². The number of hydrogen-bond donors (Lipinski definition) is 1. The summed E-state index contributed by atoms with van der Waals surface area (Å²) in [5, 5.41) is 13.1. The maximum Gasteiger partial charge on any atom is 0.234 e. The lowest BCUT2D eigenvalue weighted by atomic mass is 10.1. The Kier molecular flexibility index (Phi) is 7.49. The third kappa shape index (κ3) is 5.60. The Hall–Kier alpha value is -2.39. The highest BCUT2D eigenvalue weighted by atomic mass is 32.2. The zero-order valence-electron chi connectivity index (χ0n) is 17.9. The molecule has 7 nitrogen and oxygen atoms in total. The number of anilines is 1. The summed E-state index contributed by atoms with van der Waals surface area (Å²) in [5.74, 6) is 1.69. The van der Waals surface area contributed by atoms with Crippen LogP contribution in [0.1, 0.15) is 35.3 Å². The molecule has 0 aliphatic carbocycles. The number of carbonyl (C=O) groups is 1. The molecule has 0 unspecified atom stereocenters. The second-order valence-corrected chi connectivity index (χ2v) is 8.83. The first-order chi connectivity index (χ1) is 14.4. The molecule has 3 aromatic rings. The van der Waals surface area contributed by atoms with Crippen molar-refractivity contribution in [2.75, 3.05) is 11.1 Å². The van der Waals surface area contributed by atoms with Gasteiger partial charge in [0.1, 0.15) is 5.82 Å². The van der Waals surface area contributed by atoms with E-state index in [0.29, 0.717) is 5.75 Å². The summed E-state index contributed by atoms with van der Waals surface area (Å²) in [6.45, 7) is 10.8. The van der Waals surface area contributed by atoms with Crippen LogP contribution in [-0.4, -0.2) is 36.4 Å². The van der Waals surface area contributed by atoms with Crippen molar-refractivity contribution >= 4 is 35.1 Å². The number of nitrogens with one attached hydrogen (secondary N) is 1. The largest absolute Gasteiger partial charge is 0.325 e. The van der Waals surface area contributed by atoms with E-state index in [2.05, 4.69) is 25.5 Å². The highest BCUT2D eigenvalue weighted by Crippen LogP contribution is 2.24. The second kappa shape index (κ2) is 10.1. The van der Waals surface area contributed by atoms with Gasteiger partial charge in [-0.15, -0.1) is 10.2 Å². The van der Waals surface area contributed by atoms with Crippen LogP contribution in [0.3, 0.4) is 0 Å². The van der Waals surface area contributed by atoms with E-state index in [9.17, 15) is 4.79 Å². The van der Waals surface area contributed by atoms with Crippen LogP contribution in [-0.2, 0) is 17.1 Å². The summed E-state index contributed by atoms with van der Waals surface area (Å²) in [6.07, 6.45) is 0. The summed E-state index contributed by atoms with van der Waals surface area (Å²) in [7, 11) is 0. The number of nitrogens with zero attached hydrogens (tertiary/aromatic N) is 5. The van der Waals surface area contributed by atoms with E-state index in [1.165, 1.54) is 23.5 Å². The predicted molar refractivity (Wildman–Crippen MR) is 122 cm³/mol. The Morgan fingerprint density at radius 1 is 1.07 bits per heavy atom. The van der Waals surface area contributed by atoms with Gasteiger partial charge in [-0.3, -0.25) is 4.79 Å². The molecule has 1 N–H and O–H groups in total. The number of hydrogen-bond acceptors (Lipinski definition) is 7. The highest BCUT2D eigenvalue weighted by Gasteiger charge is 2.15. The Balaban J connectivity index is 1.61. The van der Waals surface area contributed by atoms with Gasteiger partial charge in [-0.05, 0) is 57.9 Å². The van der Waals surface area contributed by atoms with E-state index in [0.717, 1.165) is 50.9 Å². The smallest absolute Gasteiger partial charge is 0.234 e. The zero-order valence-corrected chi connectivity index (χ0v) is 19.5. The summed E-state index contributed by atoms with van der Waals surface area (Å²) in [5.41, 5.74) is 4.99. The van der Waals surface area contributed by atoms with Crippen LogP contribution in [0.4, 0.5) is 5.69 Å². The fourth-order valence-corrected chi connectivity index (χ4v) is 4.65. The molecule has 0 bridgehead atoms. The standard InChI is InChI=1S/C21H26N6OS2/c1-6-27-18(11-29-20-22-14(3)10-15(4)23-20)25-26-21(27)30-12-19(28)24-17-9-7-8-13(2)16(17)5/h7-10H,6,11-12H2,1-5H3,(H,24,28). The topological polar surface area (TPSA) is 85.6 Å². The molecule has 0 saturated carbocycles. The Bertz CT molecular complexity index is 1030. The van der Waals surface area contributed by atoms with Gasteiger partial charge < -0.3 is 9.88 Å². The van der Waals surface area contributed by atoms with Crippen LogP contribution in [0, 0.1) is 27.7 Å². The van der Waals surface area contributed by atoms with Gasteiger partial charge in [0.05, 0.1) is 11.5 Å². The van der Waals surface area contributed by atoms with E-state index in [1.54, 1.807) is 0 Å². The Morgan fingerprint density at radius 3 is 2.50 bits per heavy atom. The fraction of sp³-hybridized carbons (Fsp3) is 0.381. The SMILES string of the molecule is CCn1c(CSc2nc(C)cc(C)n2)nnc1SCC(=O)Nc1cccc(C)c1C. The lowest BCUT2D eigenvalue weighted by Crippen LogP contribution is -2.15. The number of aromatic nitrogens is 5. The van der Waals surface area contributed by atoms with Gasteiger partial charge in [-0.2, -0.15) is 0 Å². The number of amides is 1.